The Kier molecular flexibility index (Phi) is 2.88. The Morgan fingerprint density at radius 1 is 1.05 bits per heavy atom. The fraction of sp³-hybridized carbons (Fsp3) is 0.412. The molecule has 0 amide bonds. The predicted octanol–water partition coefficient (Wildman–Crippen LogP) is 3.11. The maximum Gasteiger partial charge on any atom is 0.0603 e. The summed E-state index contributed by atoms with van der Waals surface area (Å²) in [5.74, 6) is 0. The number of benzene rings is 2. The maximum atomic E-state index is 5.55. The van der Waals surface area contributed by atoms with Gasteiger partial charge in [-0.15, -0.1) is 0 Å². The van der Waals surface area contributed by atoms with E-state index >= 15 is 0 Å². The summed E-state index contributed by atoms with van der Waals surface area (Å²) in [7, 11) is 2.03. The smallest absolute Gasteiger partial charge is 0.0603 e. The molecule has 1 aliphatic heterocycles. The number of nitrogens with one attached hydrogen (secondary N) is 1. The van der Waals surface area contributed by atoms with Gasteiger partial charge in [-0.25, -0.2) is 0 Å². The monoisotopic (exact) mass is 255 g/mol. The lowest BCUT2D eigenvalue weighted by Crippen LogP contribution is -2.65. The van der Waals surface area contributed by atoms with Crippen LogP contribution >= 0.6 is 0 Å². The summed E-state index contributed by atoms with van der Waals surface area (Å²) in [4.78, 5) is 0. The van der Waals surface area contributed by atoms with Gasteiger partial charge in [-0.3, -0.25) is 0 Å². The molecule has 19 heavy (non-hydrogen) atoms. The van der Waals surface area contributed by atoms with E-state index in [9.17, 15) is 0 Å². The highest BCUT2D eigenvalue weighted by Crippen LogP contribution is 2.42. The van der Waals surface area contributed by atoms with E-state index in [1.54, 1.807) is 0 Å². The van der Waals surface area contributed by atoms with Crippen LogP contribution in [0.5, 0.6) is 0 Å². The fourth-order valence-corrected chi connectivity index (χ4v) is 2.92. The highest BCUT2D eigenvalue weighted by molar-refractivity contribution is 5.83. The molecule has 1 fully saturated rings. The van der Waals surface area contributed by atoms with Gasteiger partial charge in [0, 0.05) is 5.54 Å². The van der Waals surface area contributed by atoms with E-state index in [-0.39, 0.29) is 11.0 Å². The molecule has 0 radical (unpaired) electrons. The van der Waals surface area contributed by atoms with Crippen LogP contribution in [0.25, 0.3) is 10.8 Å². The Morgan fingerprint density at radius 2 is 1.74 bits per heavy atom. The molecule has 2 aromatic rings. The van der Waals surface area contributed by atoms with Crippen LogP contribution in [0, 0.1) is 0 Å². The first-order valence-corrected chi connectivity index (χ1v) is 6.85. The third kappa shape index (κ3) is 1.78. The van der Waals surface area contributed by atoms with Crippen molar-refractivity contribution in [1.82, 2.24) is 5.32 Å². The molecule has 100 valence electrons. The molecule has 0 aromatic heterocycles. The van der Waals surface area contributed by atoms with Crippen LogP contribution in [0.1, 0.15) is 19.4 Å². The minimum Gasteiger partial charge on any atom is -0.379 e. The van der Waals surface area contributed by atoms with E-state index in [4.69, 9.17) is 4.74 Å². The summed E-state index contributed by atoms with van der Waals surface area (Å²) in [6.45, 7) is 6.09. The molecule has 2 heteroatoms. The van der Waals surface area contributed by atoms with Crippen LogP contribution in [0.3, 0.4) is 0 Å². The van der Waals surface area contributed by atoms with Crippen LogP contribution in [0.2, 0.25) is 0 Å². The molecule has 2 aromatic carbocycles. The van der Waals surface area contributed by atoms with Crippen LogP contribution in [-0.4, -0.2) is 25.8 Å². The van der Waals surface area contributed by atoms with Gasteiger partial charge in [0.15, 0.2) is 0 Å². The predicted molar refractivity (Wildman–Crippen MR) is 79.6 cm³/mol. The van der Waals surface area contributed by atoms with Gasteiger partial charge in [0.2, 0.25) is 0 Å². The van der Waals surface area contributed by atoms with Crippen molar-refractivity contribution in [3.05, 3.63) is 48.0 Å². The molecule has 1 aliphatic rings. The Bertz CT molecular complexity index is 599. The lowest BCUT2D eigenvalue weighted by Gasteiger charge is -2.52. The second-order valence-corrected chi connectivity index (χ2v) is 6.01. The normalized spacial score (nSPS) is 18.3. The summed E-state index contributed by atoms with van der Waals surface area (Å²) in [6.07, 6.45) is 0. The Hall–Kier alpha value is -1.38. The quantitative estimate of drug-likeness (QED) is 0.910. The van der Waals surface area contributed by atoms with Crippen molar-refractivity contribution >= 4 is 10.8 Å². The van der Waals surface area contributed by atoms with Gasteiger partial charge >= 0.3 is 0 Å². The van der Waals surface area contributed by atoms with Crippen molar-refractivity contribution in [3.63, 3.8) is 0 Å². The average Bonchev–Trinajstić information content (AvgIpc) is 2.37. The van der Waals surface area contributed by atoms with Gasteiger partial charge in [-0.05, 0) is 37.2 Å². The molecule has 0 atom stereocenters. The van der Waals surface area contributed by atoms with Gasteiger partial charge in [0.1, 0.15) is 0 Å². The van der Waals surface area contributed by atoms with E-state index in [0.29, 0.717) is 0 Å². The maximum absolute atomic E-state index is 5.55. The first-order chi connectivity index (χ1) is 9.09. The SMILES string of the molecule is CNC(C)(C)C1(c2ccc3ccccc3c2)COC1. The number of hydrogen-bond donors (Lipinski definition) is 1. The molecule has 2 nitrogen and oxygen atoms in total. The molecule has 1 saturated heterocycles. The highest BCUT2D eigenvalue weighted by atomic mass is 16.5. The summed E-state index contributed by atoms with van der Waals surface area (Å²) in [5.41, 5.74) is 1.47. The lowest BCUT2D eigenvalue weighted by atomic mass is 9.65. The van der Waals surface area contributed by atoms with Gasteiger partial charge in [0.05, 0.1) is 18.6 Å². The summed E-state index contributed by atoms with van der Waals surface area (Å²) in [6, 6.07) is 15.3. The highest BCUT2D eigenvalue weighted by Gasteiger charge is 2.51. The summed E-state index contributed by atoms with van der Waals surface area (Å²) in [5, 5.41) is 6.05. The zero-order valence-corrected chi connectivity index (χ0v) is 11.9. The van der Waals surface area contributed by atoms with Crippen LogP contribution < -0.4 is 5.32 Å². The second-order valence-electron chi connectivity index (χ2n) is 6.01. The van der Waals surface area contributed by atoms with Crippen molar-refractivity contribution in [2.24, 2.45) is 0 Å². The molecular formula is C17H21NO. The number of likely N-dealkylation sites (N-methyl/N-ethyl adjacent to an activating group) is 1. The molecule has 0 aliphatic carbocycles. The van der Waals surface area contributed by atoms with Crippen molar-refractivity contribution in [2.75, 3.05) is 20.3 Å². The van der Waals surface area contributed by atoms with E-state index in [0.717, 1.165) is 13.2 Å². The van der Waals surface area contributed by atoms with Crippen LogP contribution in [-0.2, 0) is 10.2 Å². The van der Waals surface area contributed by atoms with E-state index in [1.807, 2.05) is 7.05 Å². The van der Waals surface area contributed by atoms with Crippen molar-refractivity contribution < 1.29 is 4.74 Å². The van der Waals surface area contributed by atoms with Crippen molar-refractivity contribution in [1.29, 1.82) is 0 Å². The largest absolute Gasteiger partial charge is 0.379 e. The molecule has 0 saturated carbocycles. The summed E-state index contributed by atoms with van der Waals surface area (Å²) < 4.78 is 5.55. The van der Waals surface area contributed by atoms with Crippen LogP contribution in [0.4, 0.5) is 0 Å². The molecule has 0 bridgehead atoms. The third-order valence-electron chi connectivity index (χ3n) is 4.82. The molecular weight excluding hydrogens is 234 g/mol. The molecule has 1 N–H and O–H groups in total. The fourth-order valence-electron chi connectivity index (χ4n) is 2.92. The number of rotatable bonds is 3. The van der Waals surface area contributed by atoms with Crippen LogP contribution in [0.15, 0.2) is 42.5 Å². The topological polar surface area (TPSA) is 21.3 Å². The van der Waals surface area contributed by atoms with Crippen molar-refractivity contribution in [3.8, 4) is 0 Å². The Morgan fingerprint density at radius 3 is 2.32 bits per heavy atom. The summed E-state index contributed by atoms with van der Waals surface area (Å²) >= 11 is 0. The first-order valence-electron chi connectivity index (χ1n) is 6.85. The van der Waals surface area contributed by atoms with Gasteiger partial charge < -0.3 is 10.1 Å². The standard InChI is InChI=1S/C17H21NO/c1-16(2,18-3)17(11-19-12-17)15-9-8-13-6-4-5-7-14(13)10-15/h4-10,18H,11-12H2,1-3H3. The minimum atomic E-state index is 0.0215. The zero-order chi connectivity index (χ0) is 13.5. The van der Waals surface area contributed by atoms with Gasteiger partial charge in [-0.2, -0.15) is 0 Å². The Labute approximate surface area is 114 Å². The van der Waals surface area contributed by atoms with Crippen molar-refractivity contribution in [2.45, 2.75) is 24.8 Å². The molecule has 1 heterocycles. The molecule has 0 unspecified atom stereocenters. The van der Waals surface area contributed by atoms with E-state index < -0.39 is 0 Å². The van der Waals surface area contributed by atoms with E-state index in [1.165, 1.54) is 16.3 Å². The molecule has 3 rings (SSSR count). The number of hydrogen-bond acceptors (Lipinski definition) is 2. The number of fused-ring (bicyclic) bond motifs is 1. The number of ether oxygens (including phenoxy) is 1. The minimum absolute atomic E-state index is 0.0215. The zero-order valence-electron chi connectivity index (χ0n) is 11.9. The first kappa shape index (κ1) is 12.6. The molecule has 0 spiro atoms. The van der Waals surface area contributed by atoms with Gasteiger partial charge in [0.25, 0.3) is 0 Å². The average molecular weight is 255 g/mol. The Balaban J connectivity index is 2.12. The third-order valence-corrected chi connectivity index (χ3v) is 4.82. The second kappa shape index (κ2) is 4.32. The lowest BCUT2D eigenvalue weighted by molar-refractivity contribution is -0.0990. The van der Waals surface area contributed by atoms with Gasteiger partial charge in [-0.1, -0.05) is 42.5 Å². The van der Waals surface area contributed by atoms with E-state index in [2.05, 4.69) is 61.6 Å².